The molecule has 5 heteroatoms. The summed E-state index contributed by atoms with van der Waals surface area (Å²) in [6.45, 7) is 4.84. The van der Waals surface area contributed by atoms with Crippen LogP contribution in [0.5, 0.6) is 0 Å². The molecule has 1 fully saturated rings. The molecule has 0 bridgehead atoms. The highest BCUT2D eigenvalue weighted by molar-refractivity contribution is 5.89. The number of carbonyl (C=O) groups excluding carboxylic acids is 1. The first kappa shape index (κ1) is 16.0. The molecule has 5 nitrogen and oxygen atoms in total. The molecule has 4 rings (SSSR count). The molecule has 130 valence electrons. The molecule has 1 aromatic carbocycles. The lowest BCUT2D eigenvalue weighted by atomic mass is 9.72. The van der Waals surface area contributed by atoms with Gasteiger partial charge in [-0.3, -0.25) is 4.79 Å². The van der Waals surface area contributed by atoms with Gasteiger partial charge >= 0.3 is 5.97 Å². The lowest BCUT2D eigenvalue weighted by Gasteiger charge is -2.43. The van der Waals surface area contributed by atoms with Crippen LogP contribution in [0.15, 0.2) is 24.4 Å². The minimum Gasteiger partial charge on any atom is -0.469 e. The third-order valence-electron chi connectivity index (χ3n) is 5.84. The van der Waals surface area contributed by atoms with Gasteiger partial charge in [-0.1, -0.05) is 12.1 Å². The molecule has 0 radical (unpaired) electrons. The van der Waals surface area contributed by atoms with Crippen molar-refractivity contribution in [3.8, 4) is 6.19 Å². The number of aromatic nitrogens is 1. The molecule has 3 atom stereocenters. The minimum absolute atomic E-state index is 0.131. The van der Waals surface area contributed by atoms with Gasteiger partial charge in [0.25, 0.3) is 0 Å². The Labute approximate surface area is 147 Å². The Balaban J connectivity index is 1.85. The average molecular weight is 337 g/mol. The molecule has 1 aromatic heterocycles. The third-order valence-corrected chi connectivity index (χ3v) is 5.84. The van der Waals surface area contributed by atoms with Crippen molar-refractivity contribution >= 4 is 16.9 Å². The maximum Gasteiger partial charge on any atom is 0.310 e. The molecule has 2 aliphatic rings. The van der Waals surface area contributed by atoms with Gasteiger partial charge in [-0.05, 0) is 43.9 Å². The topological polar surface area (TPSA) is 58.3 Å². The summed E-state index contributed by atoms with van der Waals surface area (Å²) >= 11 is 0. The smallest absolute Gasteiger partial charge is 0.310 e. The summed E-state index contributed by atoms with van der Waals surface area (Å²) in [5, 5.41) is 11.0. The van der Waals surface area contributed by atoms with E-state index in [-0.39, 0.29) is 23.8 Å². The SMILES string of the molecule is COC(=O)[C@@H]1C[C@@H]2c3cccc4c3c(cn4C(C)C)C[C@H]2N(C#N)C1. The quantitative estimate of drug-likeness (QED) is 0.624. The van der Waals surface area contributed by atoms with Gasteiger partial charge in [0.15, 0.2) is 6.19 Å². The molecule has 1 aliphatic carbocycles. The van der Waals surface area contributed by atoms with E-state index < -0.39 is 0 Å². The molecule has 0 spiro atoms. The van der Waals surface area contributed by atoms with E-state index in [0.29, 0.717) is 12.6 Å². The number of ether oxygens (including phenoxy) is 1. The second-order valence-electron chi connectivity index (χ2n) is 7.48. The fraction of sp³-hybridized carbons (Fsp3) is 0.500. The van der Waals surface area contributed by atoms with E-state index >= 15 is 0 Å². The Morgan fingerprint density at radius 1 is 1.40 bits per heavy atom. The number of hydrogen-bond acceptors (Lipinski definition) is 4. The van der Waals surface area contributed by atoms with Gasteiger partial charge in [-0.25, -0.2) is 0 Å². The Kier molecular flexibility index (Phi) is 3.72. The number of nitrogens with zero attached hydrogens (tertiary/aromatic N) is 3. The van der Waals surface area contributed by atoms with Crippen LogP contribution in [-0.4, -0.2) is 35.1 Å². The number of rotatable bonds is 2. The molecule has 1 saturated heterocycles. The number of fused-ring (bicyclic) bond motifs is 2. The Bertz CT molecular complexity index is 877. The lowest BCUT2D eigenvalue weighted by Crippen LogP contribution is -2.49. The monoisotopic (exact) mass is 337 g/mol. The van der Waals surface area contributed by atoms with E-state index in [2.05, 4.69) is 49.0 Å². The first-order valence-corrected chi connectivity index (χ1v) is 8.91. The van der Waals surface area contributed by atoms with Crippen molar-refractivity contribution in [1.29, 1.82) is 5.26 Å². The van der Waals surface area contributed by atoms with E-state index in [1.165, 1.54) is 29.1 Å². The van der Waals surface area contributed by atoms with Crippen molar-refractivity contribution in [2.24, 2.45) is 5.92 Å². The molecule has 1 aliphatic heterocycles. The van der Waals surface area contributed by atoms with Crippen molar-refractivity contribution in [2.75, 3.05) is 13.7 Å². The number of carbonyl (C=O) groups is 1. The van der Waals surface area contributed by atoms with Crippen LogP contribution in [0.3, 0.4) is 0 Å². The fourth-order valence-electron chi connectivity index (χ4n) is 4.71. The minimum atomic E-state index is -0.241. The van der Waals surface area contributed by atoms with Gasteiger partial charge in [0.1, 0.15) is 0 Å². The van der Waals surface area contributed by atoms with Crippen LogP contribution in [0.1, 0.15) is 43.4 Å². The predicted molar refractivity (Wildman–Crippen MR) is 95.0 cm³/mol. The molecule has 0 N–H and O–H groups in total. The summed E-state index contributed by atoms with van der Waals surface area (Å²) in [5.74, 6) is -0.261. The normalized spacial score (nSPS) is 24.9. The molecule has 0 unspecified atom stereocenters. The van der Waals surface area contributed by atoms with Crippen molar-refractivity contribution in [3.05, 3.63) is 35.5 Å². The molecule has 2 aromatic rings. The number of benzene rings is 1. The summed E-state index contributed by atoms with van der Waals surface area (Å²) in [6, 6.07) is 6.96. The summed E-state index contributed by atoms with van der Waals surface area (Å²) < 4.78 is 7.28. The number of hydrogen-bond donors (Lipinski definition) is 0. The van der Waals surface area contributed by atoms with Gasteiger partial charge in [0.05, 0.1) is 19.1 Å². The number of methoxy groups -OCH3 is 1. The van der Waals surface area contributed by atoms with Crippen LogP contribution in [-0.2, 0) is 16.0 Å². The maximum absolute atomic E-state index is 12.1. The van der Waals surface area contributed by atoms with Crippen LogP contribution >= 0.6 is 0 Å². The number of nitriles is 1. The van der Waals surface area contributed by atoms with E-state index in [9.17, 15) is 10.1 Å². The van der Waals surface area contributed by atoms with Crippen molar-refractivity contribution in [2.45, 2.75) is 44.7 Å². The zero-order valence-electron chi connectivity index (χ0n) is 14.9. The second kappa shape index (κ2) is 5.80. The number of piperidine rings is 1. The molecule has 25 heavy (non-hydrogen) atoms. The van der Waals surface area contributed by atoms with Crippen LogP contribution in [0.25, 0.3) is 10.9 Å². The summed E-state index contributed by atoms with van der Waals surface area (Å²) in [7, 11) is 1.42. The van der Waals surface area contributed by atoms with Crippen molar-refractivity contribution < 1.29 is 9.53 Å². The van der Waals surface area contributed by atoms with E-state index in [1.807, 2.05) is 0 Å². The first-order valence-electron chi connectivity index (χ1n) is 8.91. The van der Waals surface area contributed by atoms with Gasteiger partial charge in [-0.15, -0.1) is 0 Å². The summed E-state index contributed by atoms with van der Waals surface area (Å²) in [5.41, 5.74) is 3.85. The van der Waals surface area contributed by atoms with Gasteiger partial charge < -0.3 is 14.2 Å². The van der Waals surface area contributed by atoms with Crippen LogP contribution < -0.4 is 0 Å². The van der Waals surface area contributed by atoms with Crippen LogP contribution in [0.2, 0.25) is 0 Å². The number of likely N-dealkylation sites (tertiary alicyclic amines) is 1. The number of esters is 1. The largest absolute Gasteiger partial charge is 0.469 e. The zero-order chi connectivity index (χ0) is 17.7. The van der Waals surface area contributed by atoms with E-state index in [1.54, 1.807) is 4.90 Å². The van der Waals surface area contributed by atoms with E-state index in [4.69, 9.17) is 4.74 Å². The fourth-order valence-corrected chi connectivity index (χ4v) is 4.71. The average Bonchev–Trinajstić information content (AvgIpc) is 3.00. The second-order valence-corrected chi connectivity index (χ2v) is 7.48. The standard InChI is InChI=1S/C20H23N3O2/c1-12(2)23-10-13-8-18-16(15-5-4-6-17(23)19(13)15)7-14(20(24)25-3)9-22(18)11-21/h4-6,10,12,14,16,18H,7-9H2,1-3H3/t14-,16-,18-/m1/s1. The highest BCUT2D eigenvalue weighted by Crippen LogP contribution is 2.45. The van der Waals surface area contributed by atoms with Crippen LogP contribution in [0.4, 0.5) is 0 Å². The highest BCUT2D eigenvalue weighted by Gasteiger charge is 2.43. The highest BCUT2D eigenvalue weighted by atomic mass is 16.5. The maximum atomic E-state index is 12.1. The van der Waals surface area contributed by atoms with Crippen LogP contribution in [0, 0.1) is 17.4 Å². The molecule has 2 heterocycles. The lowest BCUT2D eigenvalue weighted by molar-refractivity contribution is -0.147. The molecular formula is C20H23N3O2. The Hall–Kier alpha value is -2.48. The predicted octanol–water partition coefficient (Wildman–Crippen LogP) is 3.21. The van der Waals surface area contributed by atoms with Crippen molar-refractivity contribution in [3.63, 3.8) is 0 Å². The molecule has 0 amide bonds. The third kappa shape index (κ3) is 2.31. The first-order chi connectivity index (χ1) is 12.0. The van der Waals surface area contributed by atoms with Gasteiger partial charge in [0, 0.05) is 35.6 Å². The molecular weight excluding hydrogens is 314 g/mol. The van der Waals surface area contributed by atoms with E-state index in [0.717, 1.165) is 12.8 Å². The van der Waals surface area contributed by atoms with Crippen molar-refractivity contribution in [1.82, 2.24) is 9.47 Å². The van der Waals surface area contributed by atoms with Gasteiger partial charge in [-0.2, -0.15) is 5.26 Å². The van der Waals surface area contributed by atoms with Gasteiger partial charge in [0.2, 0.25) is 0 Å². The summed E-state index contributed by atoms with van der Waals surface area (Å²) in [4.78, 5) is 13.9. The Morgan fingerprint density at radius 3 is 2.88 bits per heavy atom. The zero-order valence-corrected chi connectivity index (χ0v) is 14.9. The molecule has 0 saturated carbocycles. The summed E-state index contributed by atoms with van der Waals surface area (Å²) in [6.07, 6.45) is 6.18. The Morgan fingerprint density at radius 2 is 2.20 bits per heavy atom.